The van der Waals surface area contributed by atoms with E-state index >= 15 is 0 Å². The number of hydrogen-bond acceptors (Lipinski definition) is 2. The Balaban J connectivity index is 2.25. The fraction of sp³-hybridized carbons (Fsp3) is 0.900. The number of hydrogen-bond donors (Lipinski definition) is 1. The van der Waals surface area contributed by atoms with Gasteiger partial charge in [-0.2, -0.15) is 0 Å². The molecule has 0 aromatic carbocycles. The van der Waals surface area contributed by atoms with Crippen molar-refractivity contribution in [2.45, 2.75) is 38.3 Å². The predicted molar refractivity (Wildman–Crippen MR) is 62.5 cm³/mol. The molecular formula is C10H20N2OS. The molecule has 0 saturated heterocycles. The van der Waals surface area contributed by atoms with E-state index in [0.29, 0.717) is 12.6 Å². The molecule has 0 amide bonds. The lowest BCUT2D eigenvalue weighted by Crippen LogP contribution is -2.49. The molecule has 0 aliphatic heterocycles. The van der Waals surface area contributed by atoms with Gasteiger partial charge in [0.05, 0.1) is 6.61 Å². The number of ether oxygens (including phenoxy) is 1. The van der Waals surface area contributed by atoms with Gasteiger partial charge in [-0.15, -0.1) is 0 Å². The van der Waals surface area contributed by atoms with Crippen molar-refractivity contribution >= 4 is 17.3 Å². The molecule has 1 saturated carbocycles. The Morgan fingerprint density at radius 3 is 2.71 bits per heavy atom. The number of methoxy groups -OCH3 is 1. The Hall–Kier alpha value is -0.350. The maximum absolute atomic E-state index is 5.30. The Bertz CT molecular complexity index is 195. The van der Waals surface area contributed by atoms with Crippen LogP contribution in [0.25, 0.3) is 0 Å². The molecule has 1 fully saturated rings. The molecule has 0 radical (unpaired) electrons. The van der Waals surface area contributed by atoms with Gasteiger partial charge >= 0.3 is 0 Å². The molecule has 4 heteroatoms. The first-order valence-corrected chi connectivity index (χ1v) is 5.58. The summed E-state index contributed by atoms with van der Waals surface area (Å²) in [5.41, 5.74) is 0. The molecule has 0 spiro atoms. The maximum atomic E-state index is 5.30. The topological polar surface area (TPSA) is 24.5 Å². The summed E-state index contributed by atoms with van der Waals surface area (Å²) in [6.07, 6.45) is 3.89. The smallest absolute Gasteiger partial charge is 0.169 e. The highest BCUT2D eigenvalue weighted by Crippen LogP contribution is 2.23. The SMILES string of the molecule is COCC(C)NC(=S)N(C)C1CCC1. The number of rotatable bonds is 4. The fourth-order valence-electron chi connectivity index (χ4n) is 1.54. The van der Waals surface area contributed by atoms with E-state index in [1.54, 1.807) is 7.11 Å². The fourth-order valence-corrected chi connectivity index (χ4v) is 1.89. The van der Waals surface area contributed by atoms with Crippen LogP contribution in [0.4, 0.5) is 0 Å². The highest BCUT2D eigenvalue weighted by Gasteiger charge is 2.23. The molecule has 1 rings (SSSR count). The van der Waals surface area contributed by atoms with Gasteiger partial charge in [-0.1, -0.05) is 0 Å². The average molecular weight is 216 g/mol. The summed E-state index contributed by atoms with van der Waals surface area (Å²) in [6.45, 7) is 2.77. The van der Waals surface area contributed by atoms with Crippen LogP contribution < -0.4 is 5.32 Å². The van der Waals surface area contributed by atoms with E-state index in [1.165, 1.54) is 19.3 Å². The molecule has 1 atom stereocenters. The molecule has 0 heterocycles. The van der Waals surface area contributed by atoms with E-state index in [9.17, 15) is 0 Å². The van der Waals surface area contributed by atoms with Gasteiger partial charge in [0, 0.05) is 26.2 Å². The van der Waals surface area contributed by atoms with Gasteiger partial charge < -0.3 is 15.0 Å². The Kier molecular flexibility index (Phi) is 4.62. The highest BCUT2D eigenvalue weighted by molar-refractivity contribution is 7.80. The molecule has 82 valence electrons. The largest absolute Gasteiger partial charge is 0.383 e. The summed E-state index contributed by atoms with van der Waals surface area (Å²) in [4.78, 5) is 2.17. The molecule has 1 unspecified atom stereocenters. The zero-order valence-corrected chi connectivity index (χ0v) is 10.1. The third kappa shape index (κ3) is 3.10. The second-order valence-corrected chi connectivity index (χ2v) is 4.39. The van der Waals surface area contributed by atoms with Crippen molar-refractivity contribution in [3.63, 3.8) is 0 Å². The summed E-state index contributed by atoms with van der Waals surface area (Å²) >= 11 is 5.30. The van der Waals surface area contributed by atoms with E-state index in [0.717, 1.165) is 5.11 Å². The third-order valence-electron chi connectivity index (χ3n) is 2.73. The van der Waals surface area contributed by atoms with Crippen molar-refractivity contribution in [1.29, 1.82) is 0 Å². The van der Waals surface area contributed by atoms with Gasteiger partial charge in [0.15, 0.2) is 5.11 Å². The second kappa shape index (κ2) is 5.51. The summed E-state index contributed by atoms with van der Waals surface area (Å²) in [5, 5.41) is 4.11. The van der Waals surface area contributed by atoms with Crippen molar-refractivity contribution in [2.75, 3.05) is 20.8 Å². The predicted octanol–water partition coefficient (Wildman–Crippen LogP) is 1.38. The summed E-state index contributed by atoms with van der Waals surface area (Å²) in [7, 11) is 3.77. The molecule has 1 aliphatic carbocycles. The first-order valence-electron chi connectivity index (χ1n) is 5.17. The summed E-state index contributed by atoms with van der Waals surface area (Å²) in [5.74, 6) is 0. The van der Waals surface area contributed by atoms with Crippen LogP contribution in [0, 0.1) is 0 Å². The minimum absolute atomic E-state index is 0.287. The lowest BCUT2D eigenvalue weighted by atomic mass is 9.92. The maximum Gasteiger partial charge on any atom is 0.169 e. The number of thiocarbonyl (C=S) groups is 1. The molecule has 0 bridgehead atoms. The van der Waals surface area contributed by atoms with Gasteiger partial charge in [-0.3, -0.25) is 0 Å². The van der Waals surface area contributed by atoms with E-state index in [1.807, 2.05) is 0 Å². The number of nitrogens with zero attached hydrogens (tertiary/aromatic N) is 1. The average Bonchev–Trinajstić information content (AvgIpc) is 2.01. The van der Waals surface area contributed by atoms with Crippen LogP contribution >= 0.6 is 12.2 Å². The van der Waals surface area contributed by atoms with Crippen LogP contribution in [0.1, 0.15) is 26.2 Å². The van der Waals surface area contributed by atoms with E-state index in [4.69, 9.17) is 17.0 Å². The van der Waals surface area contributed by atoms with Gasteiger partial charge in [0.25, 0.3) is 0 Å². The van der Waals surface area contributed by atoms with Crippen LogP contribution in [0.3, 0.4) is 0 Å². The normalized spacial score (nSPS) is 18.5. The molecule has 0 aromatic rings. The van der Waals surface area contributed by atoms with Gasteiger partial charge in [0.1, 0.15) is 0 Å². The van der Waals surface area contributed by atoms with Crippen LogP contribution in [0.15, 0.2) is 0 Å². The quantitative estimate of drug-likeness (QED) is 0.718. The first-order chi connectivity index (χ1) is 6.65. The Labute approximate surface area is 91.8 Å². The molecule has 14 heavy (non-hydrogen) atoms. The van der Waals surface area contributed by atoms with Gasteiger partial charge in [-0.05, 0) is 38.4 Å². The standard InChI is InChI=1S/C10H20N2OS/c1-8(7-13-3)11-10(14)12(2)9-5-4-6-9/h8-9H,4-7H2,1-3H3,(H,11,14). The summed E-state index contributed by atoms with van der Waals surface area (Å²) in [6, 6.07) is 0.944. The summed E-state index contributed by atoms with van der Waals surface area (Å²) < 4.78 is 5.04. The Morgan fingerprint density at radius 2 is 2.29 bits per heavy atom. The van der Waals surface area contributed by atoms with Crippen molar-refractivity contribution in [3.8, 4) is 0 Å². The second-order valence-electron chi connectivity index (χ2n) is 4.00. The van der Waals surface area contributed by atoms with Gasteiger partial charge in [0.2, 0.25) is 0 Å². The van der Waals surface area contributed by atoms with Crippen LogP contribution in [-0.4, -0.2) is 42.9 Å². The molecular weight excluding hydrogens is 196 g/mol. The minimum Gasteiger partial charge on any atom is -0.383 e. The van der Waals surface area contributed by atoms with Crippen molar-refractivity contribution in [1.82, 2.24) is 10.2 Å². The van der Waals surface area contributed by atoms with E-state index < -0.39 is 0 Å². The number of nitrogens with one attached hydrogen (secondary N) is 1. The van der Waals surface area contributed by atoms with E-state index in [2.05, 4.69) is 24.2 Å². The first kappa shape index (κ1) is 11.7. The van der Waals surface area contributed by atoms with Gasteiger partial charge in [-0.25, -0.2) is 0 Å². The van der Waals surface area contributed by atoms with Crippen molar-refractivity contribution in [3.05, 3.63) is 0 Å². The van der Waals surface area contributed by atoms with Crippen molar-refractivity contribution in [2.24, 2.45) is 0 Å². The zero-order valence-electron chi connectivity index (χ0n) is 9.25. The molecule has 0 aromatic heterocycles. The van der Waals surface area contributed by atoms with E-state index in [-0.39, 0.29) is 6.04 Å². The Morgan fingerprint density at radius 1 is 1.64 bits per heavy atom. The van der Waals surface area contributed by atoms with Crippen LogP contribution in [-0.2, 0) is 4.74 Å². The lowest BCUT2D eigenvalue weighted by Gasteiger charge is -2.37. The molecule has 1 N–H and O–H groups in total. The zero-order chi connectivity index (χ0) is 10.6. The molecule has 3 nitrogen and oxygen atoms in total. The van der Waals surface area contributed by atoms with Crippen LogP contribution in [0.5, 0.6) is 0 Å². The lowest BCUT2D eigenvalue weighted by molar-refractivity contribution is 0.175. The molecule has 1 aliphatic rings. The van der Waals surface area contributed by atoms with Crippen LogP contribution in [0.2, 0.25) is 0 Å². The highest BCUT2D eigenvalue weighted by atomic mass is 32.1. The van der Waals surface area contributed by atoms with Crippen molar-refractivity contribution < 1.29 is 4.74 Å². The minimum atomic E-state index is 0.287. The monoisotopic (exact) mass is 216 g/mol. The third-order valence-corrected chi connectivity index (χ3v) is 3.14.